The lowest BCUT2D eigenvalue weighted by Gasteiger charge is -2.23. The first-order valence-corrected chi connectivity index (χ1v) is 11.6. The van der Waals surface area contributed by atoms with Crippen molar-refractivity contribution in [2.75, 3.05) is 26.3 Å². The largest absolute Gasteiger partial charge is 0.370 e. The average Bonchev–Trinajstić information content (AvgIpc) is 3.07. The third kappa shape index (κ3) is 3.78. The van der Waals surface area contributed by atoms with Crippen LogP contribution in [0.1, 0.15) is 29.6 Å². The maximum atomic E-state index is 5.50. The summed E-state index contributed by atoms with van der Waals surface area (Å²) >= 11 is 3.44. The van der Waals surface area contributed by atoms with Gasteiger partial charge in [-0.3, -0.25) is 0 Å². The van der Waals surface area contributed by atoms with E-state index in [1.807, 2.05) is 17.4 Å². The van der Waals surface area contributed by atoms with Gasteiger partial charge in [0.05, 0.1) is 13.2 Å². The summed E-state index contributed by atoms with van der Waals surface area (Å²) in [7, 11) is 0. The van der Waals surface area contributed by atoms with Crippen LogP contribution < -0.4 is 4.90 Å². The molecule has 5 rings (SSSR count). The molecule has 4 heterocycles. The third-order valence-corrected chi connectivity index (χ3v) is 7.54. The molecule has 0 amide bonds. The van der Waals surface area contributed by atoms with E-state index in [0.29, 0.717) is 0 Å². The van der Waals surface area contributed by atoms with Crippen molar-refractivity contribution in [2.24, 2.45) is 5.92 Å². The van der Waals surface area contributed by atoms with Gasteiger partial charge in [0.1, 0.15) is 29.5 Å². The smallest absolute Gasteiger partial charge is 0.193 e. The Morgan fingerprint density at radius 1 is 1.21 bits per heavy atom. The first kappa shape index (κ1) is 18.4. The molecule has 1 atom stereocenters. The summed E-state index contributed by atoms with van der Waals surface area (Å²) in [4.78, 5) is 22.9. The second kappa shape index (κ2) is 8.02. The van der Waals surface area contributed by atoms with Crippen molar-refractivity contribution in [3.8, 4) is 0 Å². The molecule has 6 nitrogen and oxygen atoms in total. The summed E-state index contributed by atoms with van der Waals surface area (Å²) in [6.07, 6.45) is 7.10. The molecule has 1 fully saturated rings. The molecule has 0 radical (unpaired) electrons. The number of hydrogen-bond donors (Lipinski definition) is 1. The molecule has 0 aromatic carbocycles. The lowest BCUT2D eigenvalue weighted by Crippen LogP contribution is -3.12. The van der Waals surface area contributed by atoms with Crippen molar-refractivity contribution in [1.29, 1.82) is 0 Å². The van der Waals surface area contributed by atoms with Crippen LogP contribution in [-0.4, -0.2) is 46.2 Å². The molecule has 1 saturated heterocycles. The highest BCUT2D eigenvalue weighted by Gasteiger charge is 2.25. The number of quaternary nitrogens is 1. The Balaban J connectivity index is 1.56. The van der Waals surface area contributed by atoms with Crippen molar-refractivity contribution in [3.63, 3.8) is 0 Å². The molecular weight excluding hydrogens is 390 g/mol. The van der Waals surface area contributed by atoms with E-state index >= 15 is 0 Å². The van der Waals surface area contributed by atoms with Gasteiger partial charge in [0.25, 0.3) is 0 Å². The Bertz CT molecular complexity index is 972. The summed E-state index contributed by atoms with van der Waals surface area (Å²) in [6, 6.07) is 1.85. The number of morpholine rings is 1. The zero-order valence-corrected chi connectivity index (χ0v) is 17.6. The molecule has 0 saturated carbocycles. The van der Waals surface area contributed by atoms with Crippen LogP contribution in [0.15, 0.2) is 28.6 Å². The minimum atomic E-state index is 0.747. The van der Waals surface area contributed by atoms with Crippen molar-refractivity contribution >= 4 is 33.3 Å². The van der Waals surface area contributed by atoms with Crippen LogP contribution in [0.5, 0.6) is 0 Å². The van der Waals surface area contributed by atoms with E-state index in [0.717, 1.165) is 72.4 Å². The van der Waals surface area contributed by atoms with Gasteiger partial charge in [-0.25, -0.2) is 19.9 Å². The lowest BCUT2D eigenvalue weighted by molar-refractivity contribution is -0.922. The van der Waals surface area contributed by atoms with E-state index in [9.17, 15) is 0 Å². The van der Waals surface area contributed by atoms with E-state index in [4.69, 9.17) is 14.7 Å². The first-order valence-electron chi connectivity index (χ1n) is 9.93. The van der Waals surface area contributed by atoms with Crippen molar-refractivity contribution in [3.05, 3.63) is 34.7 Å². The molecule has 0 spiro atoms. The van der Waals surface area contributed by atoms with Crippen LogP contribution in [0.25, 0.3) is 10.2 Å². The quantitative estimate of drug-likeness (QED) is 0.521. The van der Waals surface area contributed by atoms with Crippen LogP contribution in [0.2, 0.25) is 0 Å². The van der Waals surface area contributed by atoms with Gasteiger partial charge >= 0.3 is 0 Å². The summed E-state index contributed by atoms with van der Waals surface area (Å²) in [5.74, 6) is 1.67. The Morgan fingerprint density at radius 2 is 2.04 bits per heavy atom. The fourth-order valence-electron chi connectivity index (χ4n) is 3.99. The van der Waals surface area contributed by atoms with Gasteiger partial charge in [0.15, 0.2) is 11.0 Å². The van der Waals surface area contributed by atoms with E-state index in [2.05, 4.69) is 16.9 Å². The molecular formula is C20H24N5OS2+. The predicted octanol–water partition coefficient (Wildman–Crippen LogP) is 2.17. The van der Waals surface area contributed by atoms with E-state index in [-0.39, 0.29) is 0 Å². The van der Waals surface area contributed by atoms with Crippen molar-refractivity contribution in [2.45, 2.75) is 42.9 Å². The highest BCUT2D eigenvalue weighted by atomic mass is 32.2. The summed E-state index contributed by atoms with van der Waals surface area (Å²) in [6.45, 7) is 6.87. The van der Waals surface area contributed by atoms with Crippen molar-refractivity contribution < 1.29 is 9.64 Å². The van der Waals surface area contributed by atoms with Crippen LogP contribution in [0, 0.1) is 5.92 Å². The topological polar surface area (TPSA) is 65.2 Å². The number of rotatable bonds is 4. The van der Waals surface area contributed by atoms with Gasteiger partial charge in [-0.05, 0) is 48.6 Å². The molecule has 8 heteroatoms. The third-order valence-electron chi connectivity index (χ3n) is 5.51. The molecule has 28 heavy (non-hydrogen) atoms. The molecule has 3 aromatic heterocycles. The van der Waals surface area contributed by atoms with Gasteiger partial charge in [0, 0.05) is 22.7 Å². The number of nitrogens with one attached hydrogen (secondary N) is 1. The molecule has 146 valence electrons. The minimum absolute atomic E-state index is 0.747. The zero-order valence-electron chi connectivity index (χ0n) is 16.0. The second-order valence-electron chi connectivity index (χ2n) is 7.65. The standard InChI is InChI=1S/C20H23N5OS2/c1-13-3-4-14-15(11-13)27-18-17(14)19(28-20-21-5-2-6-22-20)24-16(23-18)12-25-7-9-26-10-8-25/h2,5-6,13H,3-4,7-12H2,1H3/p+1/t13-/m0/s1. The molecule has 1 aliphatic carbocycles. The fraction of sp³-hybridized carbons (Fsp3) is 0.500. The summed E-state index contributed by atoms with van der Waals surface area (Å²) < 4.78 is 5.50. The predicted molar refractivity (Wildman–Crippen MR) is 110 cm³/mol. The van der Waals surface area contributed by atoms with Crippen LogP contribution in [-0.2, 0) is 24.1 Å². The first-order chi connectivity index (χ1) is 13.8. The maximum Gasteiger partial charge on any atom is 0.193 e. The average molecular weight is 415 g/mol. The number of aryl methyl sites for hydroxylation is 1. The van der Waals surface area contributed by atoms with Gasteiger partial charge in [-0.2, -0.15) is 0 Å². The number of nitrogens with zero attached hydrogens (tertiary/aromatic N) is 4. The molecule has 2 aliphatic rings. The van der Waals surface area contributed by atoms with Crippen molar-refractivity contribution in [1.82, 2.24) is 19.9 Å². The monoisotopic (exact) mass is 414 g/mol. The summed E-state index contributed by atoms with van der Waals surface area (Å²) in [5, 5.41) is 3.01. The molecule has 1 aliphatic heterocycles. The SMILES string of the molecule is C[C@H]1CCc2c(sc3nc(C[NH+]4CCOCC4)nc(Sc4ncccn4)c23)C1. The normalized spacial score (nSPS) is 20.4. The van der Waals surface area contributed by atoms with Gasteiger partial charge in [-0.15, -0.1) is 11.3 Å². The van der Waals surface area contributed by atoms with E-state index < -0.39 is 0 Å². The number of hydrogen-bond acceptors (Lipinski definition) is 7. The molecule has 3 aromatic rings. The Hall–Kier alpha value is -1.61. The highest BCUT2D eigenvalue weighted by molar-refractivity contribution is 7.99. The lowest BCUT2D eigenvalue weighted by atomic mass is 9.89. The Kier molecular flexibility index (Phi) is 5.28. The number of aromatic nitrogens is 4. The second-order valence-corrected chi connectivity index (χ2v) is 9.69. The summed E-state index contributed by atoms with van der Waals surface area (Å²) in [5.41, 5.74) is 1.46. The Morgan fingerprint density at radius 3 is 2.86 bits per heavy atom. The number of ether oxygens (including phenoxy) is 1. The Labute approximate surface area is 172 Å². The van der Waals surface area contributed by atoms with Crippen LogP contribution in [0.4, 0.5) is 0 Å². The number of fused-ring (bicyclic) bond motifs is 3. The van der Waals surface area contributed by atoms with E-state index in [1.165, 1.54) is 27.1 Å². The molecule has 1 N–H and O–H groups in total. The van der Waals surface area contributed by atoms with E-state index in [1.54, 1.807) is 24.2 Å². The molecule has 0 bridgehead atoms. The minimum Gasteiger partial charge on any atom is -0.370 e. The molecule has 0 unspecified atom stereocenters. The maximum absolute atomic E-state index is 5.50. The van der Waals surface area contributed by atoms with Gasteiger partial charge in [-0.1, -0.05) is 6.92 Å². The number of thiophene rings is 1. The highest BCUT2D eigenvalue weighted by Crippen LogP contribution is 2.41. The van der Waals surface area contributed by atoms with Gasteiger partial charge < -0.3 is 9.64 Å². The van der Waals surface area contributed by atoms with Crippen LogP contribution in [0.3, 0.4) is 0 Å². The fourth-order valence-corrected chi connectivity index (χ4v) is 6.33. The van der Waals surface area contributed by atoms with Crippen LogP contribution >= 0.6 is 23.1 Å². The van der Waals surface area contributed by atoms with Gasteiger partial charge in [0.2, 0.25) is 0 Å². The zero-order chi connectivity index (χ0) is 18.9.